The first-order valence-electron chi connectivity index (χ1n) is 7.44. The Labute approximate surface area is 120 Å². The van der Waals surface area contributed by atoms with Gasteiger partial charge in [-0.3, -0.25) is 4.79 Å². The van der Waals surface area contributed by atoms with E-state index in [1.54, 1.807) is 12.1 Å². The smallest absolute Gasteiger partial charge is 0.219 e. The van der Waals surface area contributed by atoms with E-state index in [2.05, 4.69) is 4.90 Å². The average Bonchev–Trinajstić information content (AvgIpc) is 2.45. The largest absolute Gasteiger partial charge is 0.371 e. The van der Waals surface area contributed by atoms with E-state index in [9.17, 15) is 9.18 Å². The van der Waals surface area contributed by atoms with Crippen LogP contribution in [-0.2, 0) is 4.79 Å². The minimum atomic E-state index is -0.291. The molecule has 1 fully saturated rings. The van der Waals surface area contributed by atoms with Gasteiger partial charge in [0.25, 0.3) is 0 Å². The van der Waals surface area contributed by atoms with Crippen molar-refractivity contribution in [3.05, 3.63) is 30.1 Å². The third-order valence-corrected chi connectivity index (χ3v) is 4.02. The lowest BCUT2D eigenvalue weighted by Crippen LogP contribution is -2.33. The molecule has 1 amide bonds. The van der Waals surface area contributed by atoms with Crippen molar-refractivity contribution < 1.29 is 9.18 Å². The molecule has 3 nitrogen and oxygen atoms in total. The van der Waals surface area contributed by atoms with Crippen LogP contribution in [0.25, 0.3) is 0 Å². The van der Waals surface area contributed by atoms with Gasteiger partial charge in [0.2, 0.25) is 5.91 Å². The van der Waals surface area contributed by atoms with E-state index in [0.29, 0.717) is 18.9 Å². The van der Waals surface area contributed by atoms with Crippen LogP contribution >= 0.6 is 0 Å². The van der Waals surface area contributed by atoms with Gasteiger partial charge in [-0.2, -0.15) is 0 Å². The number of halogens is 1. The number of carbonyl (C=O) groups excluding carboxylic acids is 1. The number of hydrogen-bond donors (Lipinski definition) is 1. The average molecular weight is 278 g/mol. The highest BCUT2D eigenvalue weighted by atomic mass is 19.1. The second-order valence-corrected chi connectivity index (χ2v) is 5.64. The van der Waals surface area contributed by atoms with Crippen LogP contribution in [0.15, 0.2) is 24.3 Å². The zero-order valence-corrected chi connectivity index (χ0v) is 11.9. The summed E-state index contributed by atoms with van der Waals surface area (Å²) >= 11 is 0. The van der Waals surface area contributed by atoms with Gasteiger partial charge in [0, 0.05) is 25.2 Å². The van der Waals surface area contributed by atoms with Gasteiger partial charge in [-0.15, -0.1) is 0 Å². The minimum Gasteiger partial charge on any atom is -0.371 e. The Morgan fingerprint density at radius 3 is 2.45 bits per heavy atom. The Hall–Kier alpha value is -1.58. The van der Waals surface area contributed by atoms with Gasteiger partial charge in [-0.25, -0.2) is 4.39 Å². The van der Waals surface area contributed by atoms with E-state index in [-0.39, 0.29) is 11.7 Å². The standard InChI is InChI=1S/C16H23FN2O/c17-14-6-8-15(9-7-14)19(11-10-16(18)20)12-13-4-2-1-3-5-13/h6-9,13H,1-5,10-12H2,(H2,18,20). The molecule has 1 saturated carbocycles. The van der Waals surface area contributed by atoms with Gasteiger partial charge in [-0.05, 0) is 43.0 Å². The van der Waals surface area contributed by atoms with E-state index in [0.717, 1.165) is 12.2 Å². The molecule has 0 aromatic heterocycles. The highest BCUT2D eigenvalue weighted by molar-refractivity contribution is 5.74. The Bertz CT molecular complexity index is 427. The summed E-state index contributed by atoms with van der Waals surface area (Å²) in [5.74, 6) is 0.142. The van der Waals surface area contributed by atoms with Crippen LogP contribution in [0.3, 0.4) is 0 Å². The molecule has 0 unspecified atom stereocenters. The van der Waals surface area contributed by atoms with E-state index >= 15 is 0 Å². The number of nitrogens with zero attached hydrogens (tertiary/aromatic N) is 1. The van der Waals surface area contributed by atoms with Gasteiger partial charge in [-0.1, -0.05) is 19.3 Å². The Morgan fingerprint density at radius 2 is 1.85 bits per heavy atom. The summed E-state index contributed by atoms with van der Waals surface area (Å²) in [4.78, 5) is 13.2. The molecule has 0 atom stereocenters. The summed E-state index contributed by atoms with van der Waals surface area (Å²) < 4.78 is 13.0. The Kier molecular flexibility index (Phi) is 5.39. The summed E-state index contributed by atoms with van der Waals surface area (Å²) in [6, 6.07) is 6.49. The molecule has 4 heteroatoms. The summed E-state index contributed by atoms with van der Waals surface area (Å²) in [6.45, 7) is 1.54. The van der Waals surface area contributed by atoms with Crippen molar-refractivity contribution in [2.45, 2.75) is 38.5 Å². The first-order chi connectivity index (χ1) is 9.65. The lowest BCUT2D eigenvalue weighted by Gasteiger charge is -2.31. The highest BCUT2D eigenvalue weighted by Crippen LogP contribution is 2.26. The number of nitrogens with two attached hydrogens (primary N) is 1. The zero-order valence-electron chi connectivity index (χ0n) is 11.9. The second kappa shape index (κ2) is 7.27. The van der Waals surface area contributed by atoms with Crippen molar-refractivity contribution in [3.63, 3.8) is 0 Å². The maximum absolute atomic E-state index is 13.0. The van der Waals surface area contributed by atoms with Crippen LogP contribution in [0.5, 0.6) is 0 Å². The van der Waals surface area contributed by atoms with Gasteiger partial charge in [0.05, 0.1) is 0 Å². The van der Waals surface area contributed by atoms with Crippen LogP contribution in [-0.4, -0.2) is 19.0 Å². The maximum atomic E-state index is 13.0. The summed E-state index contributed by atoms with van der Waals surface area (Å²) in [5, 5.41) is 0. The molecular weight excluding hydrogens is 255 g/mol. The minimum absolute atomic E-state index is 0.235. The fourth-order valence-corrected chi connectivity index (χ4v) is 2.90. The predicted molar refractivity (Wildman–Crippen MR) is 79.0 cm³/mol. The molecule has 0 aliphatic heterocycles. The van der Waals surface area contributed by atoms with Gasteiger partial charge in [0.15, 0.2) is 0 Å². The van der Waals surface area contributed by atoms with Crippen LogP contribution in [0.2, 0.25) is 0 Å². The summed E-state index contributed by atoms with van der Waals surface area (Å²) in [6.07, 6.45) is 6.73. The number of hydrogen-bond acceptors (Lipinski definition) is 2. The molecule has 20 heavy (non-hydrogen) atoms. The van der Waals surface area contributed by atoms with Crippen molar-refractivity contribution in [2.75, 3.05) is 18.0 Å². The van der Waals surface area contributed by atoms with Crippen LogP contribution in [0.4, 0.5) is 10.1 Å². The SMILES string of the molecule is NC(=O)CCN(CC1CCCCC1)c1ccc(F)cc1. The molecule has 0 saturated heterocycles. The number of carbonyl (C=O) groups is 1. The lowest BCUT2D eigenvalue weighted by atomic mass is 9.89. The number of benzene rings is 1. The molecule has 0 bridgehead atoms. The van der Waals surface area contributed by atoms with Crippen molar-refractivity contribution in [2.24, 2.45) is 11.7 Å². The molecule has 2 rings (SSSR count). The summed E-state index contributed by atoms with van der Waals surface area (Å²) in [7, 11) is 0. The van der Waals surface area contributed by atoms with Crippen molar-refractivity contribution in [1.82, 2.24) is 0 Å². The topological polar surface area (TPSA) is 46.3 Å². The number of amides is 1. The number of anilines is 1. The van der Waals surface area contributed by atoms with E-state index in [4.69, 9.17) is 5.73 Å². The molecule has 1 aliphatic rings. The van der Waals surface area contributed by atoms with Crippen molar-refractivity contribution in [3.8, 4) is 0 Å². The Balaban J connectivity index is 2.02. The highest BCUT2D eigenvalue weighted by Gasteiger charge is 2.18. The Morgan fingerprint density at radius 1 is 1.20 bits per heavy atom. The normalized spacial score (nSPS) is 16.1. The molecule has 0 spiro atoms. The maximum Gasteiger partial charge on any atom is 0.219 e. The van der Waals surface area contributed by atoms with E-state index < -0.39 is 0 Å². The third-order valence-electron chi connectivity index (χ3n) is 4.02. The van der Waals surface area contributed by atoms with Gasteiger partial charge in [0.1, 0.15) is 5.82 Å². The first-order valence-corrected chi connectivity index (χ1v) is 7.44. The monoisotopic (exact) mass is 278 g/mol. The molecule has 2 N–H and O–H groups in total. The molecule has 1 aliphatic carbocycles. The lowest BCUT2D eigenvalue weighted by molar-refractivity contribution is -0.117. The van der Waals surface area contributed by atoms with Crippen molar-refractivity contribution >= 4 is 11.6 Å². The van der Waals surface area contributed by atoms with Crippen molar-refractivity contribution in [1.29, 1.82) is 0 Å². The number of rotatable bonds is 6. The second-order valence-electron chi connectivity index (χ2n) is 5.64. The molecule has 1 aromatic rings. The molecule has 0 radical (unpaired) electrons. The predicted octanol–water partition coefficient (Wildman–Crippen LogP) is 3.09. The quantitative estimate of drug-likeness (QED) is 0.869. The van der Waals surface area contributed by atoms with E-state index in [1.165, 1.54) is 44.2 Å². The van der Waals surface area contributed by atoms with Gasteiger partial charge < -0.3 is 10.6 Å². The fourth-order valence-electron chi connectivity index (χ4n) is 2.90. The van der Waals surface area contributed by atoms with Crippen LogP contribution in [0.1, 0.15) is 38.5 Å². The summed E-state index contributed by atoms with van der Waals surface area (Å²) in [5.41, 5.74) is 6.22. The first kappa shape index (κ1) is 14.8. The fraction of sp³-hybridized carbons (Fsp3) is 0.562. The molecule has 110 valence electrons. The van der Waals surface area contributed by atoms with Crippen LogP contribution in [0, 0.1) is 11.7 Å². The van der Waals surface area contributed by atoms with Crippen LogP contribution < -0.4 is 10.6 Å². The van der Waals surface area contributed by atoms with Gasteiger partial charge >= 0.3 is 0 Å². The number of primary amides is 1. The zero-order chi connectivity index (χ0) is 14.4. The van der Waals surface area contributed by atoms with E-state index in [1.807, 2.05) is 0 Å². The third kappa shape index (κ3) is 4.51. The molecule has 0 heterocycles. The molecular formula is C16H23FN2O. The molecule has 1 aromatic carbocycles.